The first-order valence-electron chi connectivity index (χ1n) is 6.17. The van der Waals surface area contributed by atoms with Crippen LogP contribution in [0, 0.1) is 5.92 Å². The second-order valence-corrected chi connectivity index (χ2v) is 6.80. The van der Waals surface area contributed by atoms with E-state index in [1.54, 1.807) is 4.31 Å². The summed E-state index contributed by atoms with van der Waals surface area (Å²) in [5.41, 5.74) is 0. The molecule has 2 atom stereocenters. The predicted molar refractivity (Wildman–Crippen MR) is 66.9 cm³/mol. The molecule has 1 N–H and O–H groups in total. The second kappa shape index (κ2) is 5.98. The van der Waals surface area contributed by atoms with E-state index in [0.717, 1.165) is 19.4 Å². The topological polar surface area (TPSA) is 49.4 Å². The zero-order valence-electron chi connectivity index (χ0n) is 10.6. The van der Waals surface area contributed by atoms with Crippen molar-refractivity contribution in [3.8, 4) is 0 Å². The van der Waals surface area contributed by atoms with Crippen LogP contribution >= 0.6 is 0 Å². The molecule has 0 spiro atoms. The first kappa shape index (κ1) is 13.9. The van der Waals surface area contributed by atoms with E-state index in [2.05, 4.69) is 12.2 Å². The highest BCUT2D eigenvalue weighted by atomic mass is 32.2. The summed E-state index contributed by atoms with van der Waals surface area (Å²) in [7, 11) is -3.06. The van der Waals surface area contributed by atoms with Gasteiger partial charge in [-0.05, 0) is 32.2 Å². The highest BCUT2D eigenvalue weighted by Gasteiger charge is 2.31. The van der Waals surface area contributed by atoms with Gasteiger partial charge in [0.05, 0.1) is 5.75 Å². The molecular weight excluding hydrogens is 224 g/mol. The zero-order valence-corrected chi connectivity index (χ0v) is 11.4. The Hall–Kier alpha value is -0.130. The third-order valence-corrected chi connectivity index (χ3v) is 5.20. The molecule has 96 valence electrons. The molecule has 1 heterocycles. The van der Waals surface area contributed by atoms with Crippen LogP contribution in [0.5, 0.6) is 0 Å². The number of hydrogen-bond acceptors (Lipinski definition) is 3. The van der Waals surface area contributed by atoms with Crippen LogP contribution < -0.4 is 5.32 Å². The van der Waals surface area contributed by atoms with Crippen LogP contribution in [0.1, 0.15) is 33.6 Å². The van der Waals surface area contributed by atoms with Gasteiger partial charge in [-0.1, -0.05) is 13.8 Å². The van der Waals surface area contributed by atoms with Crippen molar-refractivity contribution in [2.75, 3.05) is 25.4 Å². The quantitative estimate of drug-likeness (QED) is 0.740. The fraction of sp³-hybridized carbons (Fsp3) is 1.00. The van der Waals surface area contributed by atoms with Gasteiger partial charge in [-0.25, -0.2) is 8.42 Å². The van der Waals surface area contributed by atoms with E-state index in [1.165, 1.54) is 0 Å². The van der Waals surface area contributed by atoms with Crippen LogP contribution in [0.25, 0.3) is 0 Å². The lowest BCUT2D eigenvalue weighted by molar-refractivity contribution is 0.220. The van der Waals surface area contributed by atoms with Gasteiger partial charge in [-0.2, -0.15) is 4.31 Å². The highest BCUT2D eigenvalue weighted by molar-refractivity contribution is 7.89. The van der Waals surface area contributed by atoms with Crippen LogP contribution in [0.4, 0.5) is 0 Å². The van der Waals surface area contributed by atoms with Crippen LogP contribution in [-0.2, 0) is 10.0 Å². The average Bonchev–Trinajstić information content (AvgIpc) is 2.17. The summed E-state index contributed by atoms with van der Waals surface area (Å²) >= 11 is 0. The Morgan fingerprint density at radius 3 is 2.62 bits per heavy atom. The molecule has 1 aliphatic rings. The third-order valence-electron chi connectivity index (χ3n) is 3.22. The molecule has 0 aromatic rings. The Bertz CT molecular complexity index is 303. The number of nitrogens with one attached hydrogen (secondary N) is 1. The monoisotopic (exact) mass is 248 g/mol. The Morgan fingerprint density at radius 1 is 1.38 bits per heavy atom. The van der Waals surface area contributed by atoms with E-state index in [9.17, 15) is 8.42 Å². The van der Waals surface area contributed by atoms with Crippen molar-refractivity contribution in [3.63, 3.8) is 0 Å². The van der Waals surface area contributed by atoms with E-state index in [0.29, 0.717) is 19.0 Å². The van der Waals surface area contributed by atoms with Gasteiger partial charge < -0.3 is 5.32 Å². The first-order chi connectivity index (χ1) is 7.47. The normalized spacial score (nSPS) is 28.2. The van der Waals surface area contributed by atoms with Crippen LogP contribution in [0.15, 0.2) is 0 Å². The SMILES string of the molecule is CCNCCS(=O)(=O)N1CCC(C)CC1C. The second-order valence-electron chi connectivity index (χ2n) is 4.76. The maximum absolute atomic E-state index is 12.1. The van der Waals surface area contributed by atoms with Crippen molar-refractivity contribution in [1.29, 1.82) is 0 Å². The van der Waals surface area contributed by atoms with Gasteiger partial charge in [-0.3, -0.25) is 0 Å². The molecule has 0 aromatic heterocycles. The van der Waals surface area contributed by atoms with Crippen LogP contribution in [0.3, 0.4) is 0 Å². The molecule has 1 fully saturated rings. The van der Waals surface area contributed by atoms with E-state index in [-0.39, 0.29) is 11.8 Å². The molecule has 0 aromatic carbocycles. The molecule has 1 rings (SSSR count). The van der Waals surface area contributed by atoms with Gasteiger partial charge in [0.25, 0.3) is 0 Å². The molecule has 0 bridgehead atoms. The summed E-state index contributed by atoms with van der Waals surface area (Å²) in [6.07, 6.45) is 1.98. The summed E-state index contributed by atoms with van der Waals surface area (Å²) in [5.74, 6) is 0.870. The molecule has 0 aliphatic carbocycles. The smallest absolute Gasteiger partial charge is 0.215 e. The highest BCUT2D eigenvalue weighted by Crippen LogP contribution is 2.24. The van der Waals surface area contributed by atoms with Crippen LogP contribution in [-0.4, -0.2) is 44.2 Å². The molecule has 1 saturated heterocycles. The van der Waals surface area contributed by atoms with E-state index < -0.39 is 10.0 Å². The Labute approximate surface area is 99.5 Å². The molecule has 0 amide bonds. The summed E-state index contributed by atoms with van der Waals surface area (Å²) in [6, 6.07) is 0.162. The molecule has 1 aliphatic heterocycles. The summed E-state index contributed by atoms with van der Waals surface area (Å²) in [5, 5.41) is 3.06. The molecule has 4 nitrogen and oxygen atoms in total. The number of sulfonamides is 1. The molecule has 2 unspecified atom stereocenters. The predicted octanol–water partition coefficient (Wildman–Crippen LogP) is 1.05. The fourth-order valence-corrected chi connectivity index (χ4v) is 3.95. The van der Waals surface area contributed by atoms with Crippen molar-refractivity contribution in [2.24, 2.45) is 5.92 Å². The molecular formula is C11H24N2O2S. The number of hydrogen-bond donors (Lipinski definition) is 1. The minimum atomic E-state index is -3.06. The van der Waals surface area contributed by atoms with Crippen molar-refractivity contribution in [3.05, 3.63) is 0 Å². The number of nitrogens with zero attached hydrogens (tertiary/aromatic N) is 1. The Kier molecular flexibility index (Phi) is 5.21. The van der Waals surface area contributed by atoms with Gasteiger partial charge in [0.2, 0.25) is 10.0 Å². The lowest BCUT2D eigenvalue weighted by Gasteiger charge is -2.35. The minimum absolute atomic E-state index is 0.162. The van der Waals surface area contributed by atoms with Gasteiger partial charge in [-0.15, -0.1) is 0 Å². The van der Waals surface area contributed by atoms with Gasteiger partial charge in [0.1, 0.15) is 0 Å². The third kappa shape index (κ3) is 3.71. The summed E-state index contributed by atoms with van der Waals surface area (Å²) < 4.78 is 25.8. The minimum Gasteiger partial charge on any atom is -0.316 e. The van der Waals surface area contributed by atoms with Gasteiger partial charge in [0, 0.05) is 19.1 Å². The maximum Gasteiger partial charge on any atom is 0.215 e. The van der Waals surface area contributed by atoms with Crippen LogP contribution in [0.2, 0.25) is 0 Å². The largest absolute Gasteiger partial charge is 0.316 e. The summed E-state index contributed by atoms with van der Waals surface area (Å²) in [4.78, 5) is 0. The van der Waals surface area contributed by atoms with E-state index >= 15 is 0 Å². The first-order valence-corrected chi connectivity index (χ1v) is 7.78. The molecule has 0 saturated carbocycles. The fourth-order valence-electron chi connectivity index (χ4n) is 2.29. The average molecular weight is 248 g/mol. The standard InChI is InChI=1S/C11H24N2O2S/c1-4-12-6-8-16(14,15)13-7-5-10(2)9-11(13)3/h10-12H,4-9H2,1-3H3. The molecule has 0 radical (unpaired) electrons. The molecule has 5 heteroatoms. The number of piperidine rings is 1. The molecule has 16 heavy (non-hydrogen) atoms. The van der Waals surface area contributed by atoms with Crippen molar-refractivity contribution in [1.82, 2.24) is 9.62 Å². The van der Waals surface area contributed by atoms with E-state index in [4.69, 9.17) is 0 Å². The van der Waals surface area contributed by atoms with E-state index in [1.807, 2.05) is 13.8 Å². The van der Waals surface area contributed by atoms with Crippen molar-refractivity contribution in [2.45, 2.75) is 39.7 Å². The Morgan fingerprint density at radius 2 is 2.06 bits per heavy atom. The summed E-state index contributed by atoms with van der Waals surface area (Å²) in [6.45, 7) is 8.26. The number of rotatable bonds is 5. The lowest BCUT2D eigenvalue weighted by atomic mass is 9.95. The van der Waals surface area contributed by atoms with Crippen molar-refractivity contribution < 1.29 is 8.42 Å². The maximum atomic E-state index is 12.1. The lowest BCUT2D eigenvalue weighted by Crippen LogP contribution is -2.46. The van der Waals surface area contributed by atoms with Crippen molar-refractivity contribution >= 4 is 10.0 Å². The Balaban J connectivity index is 2.54. The van der Waals surface area contributed by atoms with Gasteiger partial charge >= 0.3 is 0 Å². The van der Waals surface area contributed by atoms with Gasteiger partial charge in [0.15, 0.2) is 0 Å². The zero-order chi connectivity index (χ0) is 12.2.